The predicted octanol–water partition coefficient (Wildman–Crippen LogP) is 2.72. The van der Waals surface area contributed by atoms with Crippen molar-refractivity contribution in [2.45, 2.75) is 25.5 Å². The van der Waals surface area contributed by atoms with Crippen molar-refractivity contribution in [1.82, 2.24) is 15.1 Å². The summed E-state index contributed by atoms with van der Waals surface area (Å²) in [6.45, 7) is 1.39. The van der Waals surface area contributed by atoms with Crippen molar-refractivity contribution in [3.63, 3.8) is 0 Å². The third kappa shape index (κ3) is 5.95. The highest BCUT2D eigenvalue weighted by Gasteiger charge is 2.21. The second-order valence-corrected chi connectivity index (χ2v) is 7.50. The lowest BCUT2D eigenvalue weighted by molar-refractivity contribution is -0.122. The Labute approximate surface area is 186 Å². The minimum absolute atomic E-state index is 0.0569. The van der Waals surface area contributed by atoms with Gasteiger partial charge in [0.05, 0.1) is 31.5 Å². The molecule has 0 saturated carbocycles. The number of fused-ring (bicyclic) bond motifs is 1. The molecule has 1 atom stereocenters. The van der Waals surface area contributed by atoms with Crippen molar-refractivity contribution in [3.8, 4) is 5.75 Å². The van der Waals surface area contributed by atoms with Crippen LogP contribution in [0.1, 0.15) is 23.7 Å². The van der Waals surface area contributed by atoms with E-state index >= 15 is 0 Å². The van der Waals surface area contributed by atoms with Crippen LogP contribution in [0.2, 0.25) is 0 Å². The fraction of sp³-hybridized carbons (Fsp3) is 0.292. The minimum Gasteiger partial charge on any atom is -0.493 e. The smallest absolute Gasteiger partial charge is 0.241 e. The summed E-state index contributed by atoms with van der Waals surface area (Å²) in [6, 6.07) is 17.5. The Kier molecular flexibility index (Phi) is 7.14. The van der Waals surface area contributed by atoms with Crippen molar-refractivity contribution in [2.75, 3.05) is 25.1 Å². The molecule has 2 heterocycles. The fourth-order valence-electron chi connectivity index (χ4n) is 3.57. The highest BCUT2D eigenvalue weighted by atomic mass is 16.5. The molecule has 2 N–H and O–H groups in total. The van der Waals surface area contributed by atoms with Crippen LogP contribution in [0.25, 0.3) is 0 Å². The first-order chi connectivity index (χ1) is 15.7. The van der Waals surface area contributed by atoms with E-state index in [1.165, 1.54) is 16.4 Å². The van der Waals surface area contributed by atoms with E-state index in [0.717, 1.165) is 17.7 Å². The van der Waals surface area contributed by atoms with Gasteiger partial charge in [-0.3, -0.25) is 14.3 Å². The summed E-state index contributed by atoms with van der Waals surface area (Å²) in [5, 5.41) is 9.82. The van der Waals surface area contributed by atoms with E-state index in [1.807, 2.05) is 48.5 Å². The van der Waals surface area contributed by atoms with E-state index in [2.05, 4.69) is 21.8 Å². The van der Waals surface area contributed by atoms with Gasteiger partial charge in [0.15, 0.2) is 0 Å². The molecule has 0 fully saturated rings. The van der Waals surface area contributed by atoms with E-state index in [-0.39, 0.29) is 37.5 Å². The molecule has 8 heteroatoms. The summed E-state index contributed by atoms with van der Waals surface area (Å²) in [5.74, 6) is 0.369. The van der Waals surface area contributed by atoms with Gasteiger partial charge in [0.2, 0.25) is 11.8 Å². The predicted molar refractivity (Wildman–Crippen MR) is 119 cm³/mol. The lowest BCUT2D eigenvalue weighted by atomic mass is 9.97. The Morgan fingerprint density at radius 2 is 1.91 bits per heavy atom. The van der Waals surface area contributed by atoms with Gasteiger partial charge >= 0.3 is 0 Å². The van der Waals surface area contributed by atoms with Crippen LogP contribution in [0.3, 0.4) is 0 Å². The zero-order valence-corrected chi connectivity index (χ0v) is 17.7. The molecule has 32 heavy (non-hydrogen) atoms. The molecule has 0 bridgehead atoms. The Hall–Kier alpha value is -3.65. The van der Waals surface area contributed by atoms with Gasteiger partial charge in [0.25, 0.3) is 0 Å². The number of nitrogens with one attached hydrogen (secondary N) is 2. The highest BCUT2D eigenvalue weighted by molar-refractivity contribution is 5.90. The molecule has 4 rings (SSSR count). The molecule has 2 aromatic carbocycles. The summed E-state index contributed by atoms with van der Waals surface area (Å²) < 4.78 is 12.8. The van der Waals surface area contributed by atoms with Gasteiger partial charge in [0.1, 0.15) is 18.4 Å². The second kappa shape index (κ2) is 10.6. The van der Waals surface area contributed by atoms with Crippen LogP contribution in [-0.2, 0) is 27.3 Å². The van der Waals surface area contributed by atoms with Gasteiger partial charge < -0.3 is 20.1 Å². The number of hydrogen-bond donors (Lipinski definition) is 2. The SMILES string of the molecule is O=C(Cn1cc(NC(=O)CCOc2ccccc2)cn1)NCC1OCCc2ccccc21. The lowest BCUT2D eigenvalue weighted by Gasteiger charge is -2.26. The maximum absolute atomic E-state index is 12.3. The molecule has 1 aliphatic rings. The Bertz CT molecular complexity index is 1050. The van der Waals surface area contributed by atoms with Gasteiger partial charge in [-0.2, -0.15) is 5.10 Å². The van der Waals surface area contributed by atoms with Crippen molar-refractivity contribution >= 4 is 17.5 Å². The number of carbonyl (C=O) groups is 2. The number of hydrogen-bond acceptors (Lipinski definition) is 5. The highest BCUT2D eigenvalue weighted by Crippen LogP contribution is 2.26. The molecule has 1 aromatic heterocycles. The zero-order valence-electron chi connectivity index (χ0n) is 17.7. The van der Waals surface area contributed by atoms with Crippen molar-refractivity contribution < 1.29 is 19.1 Å². The van der Waals surface area contributed by atoms with Crippen LogP contribution in [0.15, 0.2) is 67.0 Å². The number of anilines is 1. The Balaban J connectivity index is 1.19. The normalized spacial score (nSPS) is 14.9. The average molecular weight is 434 g/mol. The number of rotatable bonds is 9. The molecule has 0 radical (unpaired) electrons. The van der Waals surface area contributed by atoms with E-state index in [4.69, 9.17) is 9.47 Å². The third-order valence-electron chi connectivity index (χ3n) is 5.14. The Morgan fingerprint density at radius 1 is 1.09 bits per heavy atom. The number of aromatic nitrogens is 2. The molecular formula is C24H26N4O4. The quantitative estimate of drug-likeness (QED) is 0.540. The minimum atomic E-state index is -0.182. The van der Waals surface area contributed by atoms with Gasteiger partial charge in [-0.1, -0.05) is 42.5 Å². The van der Waals surface area contributed by atoms with E-state index in [0.29, 0.717) is 18.8 Å². The van der Waals surface area contributed by atoms with Crippen LogP contribution >= 0.6 is 0 Å². The van der Waals surface area contributed by atoms with Gasteiger partial charge in [-0.15, -0.1) is 0 Å². The molecule has 8 nitrogen and oxygen atoms in total. The largest absolute Gasteiger partial charge is 0.493 e. The summed E-state index contributed by atoms with van der Waals surface area (Å²) in [6.07, 6.45) is 4.10. The maximum atomic E-state index is 12.3. The van der Waals surface area contributed by atoms with Gasteiger partial charge in [0, 0.05) is 12.7 Å². The van der Waals surface area contributed by atoms with Crippen molar-refractivity contribution in [1.29, 1.82) is 0 Å². The van der Waals surface area contributed by atoms with Crippen LogP contribution in [0.4, 0.5) is 5.69 Å². The van der Waals surface area contributed by atoms with E-state index in [9.17, 15) is 9.59 Å². The molecule has 1 unspecified atom stereocenters. The number of amides is 2. The standard InChI is InChI=1S/C24H26N4O4/c29-23(11-13-31-20-7-2-1-3-8-20)27-19-14-26-28(16-19)17-24(30)25-15-22-21-9-5-4-6-18(21)10-12-32-22/h1-9,14,16,22H,10-13,15,17H2,(H,25,30)(H,27,29). The summed E-state index contributed by atoms with van der Waals surface area (Å²) in [7, 11) is 0. The van der Waals surface area contributed by atoms with Crippen molar-refractivity contribution in [3.05, 3.63) is 78.1 Å². The molecule has 2 amide bonds. The first-order valence-corrected chi connectivity index (χ1v) is 10.6. The molecule has 0 saturated heterocycles. The van der Waals surface area contributed by atoms with E-state index in [1.54, 1.807) is 6.20 Å². The molecule has 0 aliphatic carbocycles. The molecule has 3 aromatic rings. The van der Waals surface area contributed by atoms with Gasteiger partial charge in [-0.05, 0) is 29.7 Å². The number of carbonyl (C=O) groups excluding carboxylic acids is 2. The third-order valence-corrected chi connectivity index (χ3v) is 5.14. The topological polar surface area (TPSA) is 94.5 Å². The van der Waals surface area contributed by atoms with Gasteiger partial charge in [-0.25, -0.2) is 0 Å². The molecule has 166 valence electrons. The number of para-hydroxylation sites is 1. The zero-order chi connectivity index (χ0) is 22.2. The summed E-state index contributed by atoms with van der Waals surface area (Å²) >= 11 is 0. The molecule has 0 spiro atoms. The first kappa shape index (κ1) is 21.6. The van der Waals surface area contributed by atoms with E-state index < -0.39 is 0 Å². The van der Waals surface area contributed by atoms with Crippen LogP contribution < -0.4 is 15.4 Å². The molecular weight excluding hydrogens is 408 g/mol. The maximum Gasteiger partial charge on any atom is 0.241 e. The average Bonchev–Trinajstić information content (AvgIpc) is 3.24. The van der Waals surface area contributed by atoms with Crippen LogP contribution in [0, 0.1) is 0 Å². The van der Waals surface area contributed by atoms with Crippen LogP contribution in [-0.4, -0.2) is 41.4 Å². The monoisotopic (exact) mass is 434 g/mol. The molecule has 1 aliphatic heterocycles. The second-order valence-electron chi connectivity index (χ2n) is 7.50. The van der Waals surface area contributed by atoms with Crippen molar-refractivity contribution in [2.24, 2.45) is 0 Å². The first-order valence-electron chi connectivity index (χ1n) is 10.6. The Morgan fingerprint density at radius 3 is 2.78 bits per heavy atom. The number of nitrogens with zero attached hydrogens (tertiary/aromatic N) is 2. The summed E-state index contributed by atoms with van der Waals surface area (Å²) in [4.78, 5) is 24.4. The number of ether oxygens (including phenoxy) is 2. The lowest BCUT2D eigenvalue weighted by Crippen LogP contribution is -2.34. The van der Waals surface area contributed by atoms with Crippen LogP contribution in [0.5, 0.6) is 5.75 Å². The fourth-order valence-corrected chi connectivity index (χ4v) is 3.57. The number of benzene rings is 2. The summed E-state index contributed by atoms with van der Waals surface area (Å²) in [5.41, 5.74) is 2.92.